The third-order valence-electron chi connectivity index (χ3n) is 5.10. The maximum atomic E-state index is 5.89. The van der Waals surface area contributed by atoms with E-state index in [1.165, 1.54) is 5.56 Å². The van der Waals surface area contributed by atoms with Gasteiger partial charge in [-0.15, -0.1) is 6.58 Å². The highest BCUT2D eigenvalue weighted by Gasteiger charge is 2.45. The van der Waals surface area contributed by atoms with Gasteiger partial charge in [0.15, 0.2) is 5.79 Å². The lowest BCUT2D eigenvalue weighted by molar-refractivity contribution is -0.191. The first kappa shape index (κ1) is 15.7. The molecule has 1 aromatic carbocycles. The molecule has 1 N–H and O–H groups in total. The van der Waals surface area contributed by atoms with E-state index in [2.05, 4.69) is 42.2 Å². The van der Waals surface area contributed by atoms with Gasteiger partial charge in [0.1, 0.15) is 0 Å². The van der Waals surface area contributed by atoms with Crippen molar-refractivity contribution in [1.82, 2.24) is 5.32 Å². The normalized spacial score (nSPS) is 22.7. The Labute approximate surface area is 133 Å². The first-order chi connectivity index (χ1) is 10.8. The maximum absolute atomic E-state index is 5.89. The summed E-state index contributed by atoms with van der Waals surface area (Å²) in [5, 5.41) is 3.55. The quantitative estimate of drug-likeness (QED) is 0.646. The summed E-state index contributed by atoms with van der Waals surface area (Å²) in [6.07, 6.45) is 7.36. The van der Waals surface area contributed by atoms with E-state index in [0.717, 1.165) is 58.4 Å². The fraction of sp³-hybridized carbons (Fsp3) is 0.579. The van der Waals surface area contributed by atoms with E-state index in [4.69, 9.17) is 9.47 Å². The number of benzene rings is 1. The van der Waals surface area contributed by atoms with Crippen molar-refractivity contribution in [3.05, 3.63) is 48.6 Å². The Morgan fingerprint density at radius 1 is 1.05 bits per heavy atom. The minimum absolute atomic E-state index is 0.279. The predicted octanol–water partition coefficient (Wildman–Crippen LogP) is 3.31. The molecule has 0 unspecified atom stereocenters. The molecule has 1 aliphatic carbocycles. The molecule has 3 nitrogen and oxygen atoms in total. The lowest BCUT2D eigenvalue weighted by atomic mass is 9.68. The molecule has 22 heavy (non-hydrogen) atoms. The summed E-state index contributed by atoms with van der Waals surface area (Å²) in [7, 11) is 0. The largest absolute Gasteiger partial charge is 0.348 e. The van der Waals surface area contributed by atoms with Crippen LogP contribution in [0.3, 0.4) is 0 Å². The van der Waals surface area contributed by atoms with Crippen molar-refractivity contribution < 1.29 is 9.47 Å². The number of rotatable bonds is 6. The molecule has 1 spiro atoms. The van der Waals surface area contributed by atoms with E-state index in [1.54, 1.807) is 0 Å². The van der Waals surface area contributed by atoms with Crippen molar-refractivity contribution in [1.29, 1.82) is 0 Å². The molecule has 0 atom stereocenters. The molecule has 0 bridgehead atoms. The summed E-state index contributed by atoms with van der Waals surface area (Å²) in [4.78, 5) is 0. The topological polar surface area (TPSA) is 30.5 Å². The molecule has 3 rings (SSSR count). The second kappa shape index (κ2) is 6.95. The Hall–Kier alpha value is -1.16. The minimum atomic E-state index is -0.279. The Kier molecular flexibility index (Phi) is 4.97. The molecule has 1 heterocycles. The van der Waals surface area contributed by atoms with Crippen LogP contribution in [0.25, 0.3) is 0 Å². The van der Waals surface area contributed by atoms with Crippen molar-refractivity contribution in [2.45, 2.75) is 37.9 Å². The molecule has 1 saturated carbocycles. The molecule has 0 radical (unpaired) electrons. The van der Waals surface area contributed by atoms with E-state index >= 15 is 0 Å². The summed E-state index contributed by atoms with van der Waals surface area (Å²) in [6, 6.07) is 10.8. The van der Waals surface area contributed by atoms with Gasteiger partial charge in [0, 0.05) is 25.9 Å². The molecule has 2 aliphatic rings. The molecule has 1 aliphatic heterocycles. The van der Waals surface area contributed by atoms with E-state index in [-0.39, 0.29) is 5.79 Å². The second-order valence-corrected chi connectivity index (χ2v) is 6.69. The number of nitrogens with one attached hydrogen (secondary N) is 1. The van der Waals surface area contributed by atoms with Gasteiger partial charge in [-0.3, -0.25) is 0 Å². The van der Waals surface area contributed by atoms with Crippen LogP contribution in [-0.2, 0) is 15.9 Å². The SMILES string of the molecule is C=CCNCC1(Cc2ccccc2)CCC2(CC1)OCCO2. The number of hydrogen-bond acceptors (Lipinski definition) is 3. The standard InChI is InChI=1S/C19H27NO2/c1-2-12-20-16-18(15-17-6-4-3-5-7-17)8-10-19(11-9-18)21-13-14-22-19/h2-7,20H,1,8-16H2. The van der Waals surface area contributed by atoms with Crippen molar-refractivity contribution in [3.63, 3.8) is 0 Å². The van der Waals surface area contributed by atoms with Gasteiger partial charge in [-0.1, -0.05) is 36.4 Å². The van der Waals surface area contributed by atoms with Crippen LogP contribution in [0.5, 0.6) is 0 Å². The summed E-state index contributed by atoms with van der Waals surface area (Å²) in [5.41, 5.74) is 1.72. The van der Waals surface area contributed by atoms with Gasteiger partial charge < -0.3 is 14.8 Å². The van der Waals surface area contributed by atoms with Crippen LogP contribution in [0.1, 0.15) is 31.2 Å². The highest BCUT2D eigenvalue weighted by Crippen LogP contribution is 2.46. The second-order valence-electron chi connectivity index (χ2n) is 6.69. The molecule has 1 aromatic rings. The van der Waals surface area contributed by atoms with Crippen LogP contribution >= 0.6 is 0 Å². The van der Waals surface area contributed by atoms with Crippen LogP contribution in [0.2, 0.25) is 0 Å². The molecule has 0 amide bonds. The Bertz CT molecular complexity index is 469. The lowest BCUT2D eigenvalue weighted by Gasteiger charge is -2.44. The van der Waals surface area contributed by atoms with Crippen LogP contribution in [0.4, 0.5) is 0 Å². The Balaban J connectivity index is 1.68. The van der Waals surface area contributed by atoms with E-state index < -0.39 is 0 Å². The molecular weight excluding hydrogens is 274 g/mol. The van der Waals surface area contributed by atoms with E-state index in [1.807, 2.05) is 6.08 Å². The van der Waals surface area contributed by atoms with Gasteiger partial charge in [-0.2, -0.15) is 0 Å². The summed E-state index contributed by atoms with van der Waals surface area (Å²) >= 11 is 0. The van der Waals surface area contributed by atoms with Crippen LogP contribution in [-0.4, -0.2) is 32.1 Å². The zero-order chi connectivity index (χ0) is 15.3. The molecule has 1 saturated heterocycles. The number of ether oxygens (including phenoxy) is 2. The first-order valence-corrected chi connectivity index (χ1v) is 8.39. The third-order valence-corrected chi connectivity index (χ3v) is 5.10. The summed E-state index contributed by atoms with van der Waals surface area (Å²) in [6.45, 7) is 7.21. The van der Waals surface area contributed by atoms with Crippen LogP contribution in [0.15, 0.2) is 43.0 Å². The zero-order valence-corrected chi connectivity index (χ0v) is 13.4. The molecule has 0 aromatic heterocycles. The molecular formula is C19H27NO2. The first-order valence-electron chi connectivity index (χ1n) is 8.39. The monoisotopic (exact) mass is 301 g/mol. The van der Waals surface area contributed by atoms with Crippen LogP contribution in [0, 0.1) is 5.41 Å². The fourth-order valence-electron chi connectivity index (χ4n) is 3.83. The van der Waals surface area contributed by atoms with Crippen LogP contribution < -0.4 is 5.32 Å². The molecule has 120 valence electrons. The minimum Gasteiger partial charge on any atom is -0.348 e. The summed E-state index contributed by atoms with van der Waals surface area (Å²) < 4.78 is 11.8. The Morgan fingerprint density at radius 2 is 1.73 bits per heavy atom. The van der Waals surface area contributed by atoms with Gasteiger partial charge in [0.2, 0.25) is 0 Å². The van der Waals surface area contributed by atoms with Crippen molar-refractivity contribution in [3.8, 4) is 0 Å². The predicted molar refractivity (Wildman–Crippen MR) is 88.7 cm³/mol. The lowest BCUT2D eigenvalue weighted by Crippen LogP contribution is -2.45. The van der Waals surface area contributed by atoms with E-state index in [0.29, 0.717) is 5.41 Å². The van der Waals surface area contributed by atoms with Gasteiger partial charge in [-0.05, 0) is 30.2 Å². The number of hydrogen-bond donors (Lipinski definition) is 1. The van der Waals surface area contributed by atoms with Gasteiger partial charge >= 0.3 is 0 Å². The van der Waals surface area contributed by atoms with Gasteiger partial charge in [0.05, 0.1) is 13.2 Å². The maximum Gasteiger partial charge on any atom is 0.168 e. The average Bonchev–Trinajstić information content (AvgIpc) is 3.01. The van der Waals surface area contributed by atoms with Crippen molar-refractivity contribution >= 4 is 0 Å². The molecule has 3 heteroatoms. The highest BCUT2D eigenvalue weighted by atomic mass is 16.7. The molecule has 2 fully saturated rings. The summed E-state index contributed by atoms with van der Waals surface area (Å²) in [5.74, 6) is -0.279. The van der Waals surface area contributed by atoms with Crippen molar-refractivity contribution in [2.75, 3.05) is 26.3 Å². The van der Waals surface area contributed by atoms with E-state index in [9.17, 15) is 0 Å². The van der Waals surface area contributed by atoms with Crippen molar-refractivity contribution in [2.24, 2.45) is 5.41 Å². The highest BCUT2D eigenvalue weighted by molar-refractivity contribution is 5.17. The van der Waals surface area contributed by atoms with Gasteiger partial charge in [-0.25, -0.2) is 0 Å². The van der Waals surface area contributed by atoms with Gasteiger partial charge in [0.25, 0.3) is 0 Å². The Morgan fingerprint density at radius 3 is 2.36 bits per heavy atom. The average molecular weight is 301 g/mol. The third kappa shape index (κ3) is 3.60. The zero-order valence-electron chi connectivity index (χ0n) is 13.4. The smallest absolute Gasteiger partial charge is 0.168 e. The fourth-order valence-corrected chi connectivity index (χ4v) is 3.83.